The summed E-state index contributed by atoms with van der Waals surface area (Å²) in [4.78, 5) is 30.2. The number of carbonyl (C=O) groups excluding carboxylic acids is 2. The number of aromatic nitrogens is 2. The maximum atomic E-state index is 13.9. The highest BCUT2D eigenvalue weighted by atomic mass is 32.1. The molecule has 2 aromatic carbocycles. The van der Waals surface area contributed by atoms with Crippen LogP contribution in [0.2, 0.25) is 0 Å². The molecule has 0 saturated heterocycles. The minimum absolute atomic E-state index is 0.220. The Hall–Kier alpha value is -3.71. The van der Waals surface area contributed by atoms with Crippen molar-refractivity contribution in [1.29, 1.82) is 0 Å². The van der Waals surface area contributed by atoms with Gasteiger partial charge in [-0.2, -0.15) is 5.10 Å². The van der Waals surface area contributed by atoms with Crippen LogP contribution in [0.3, 0.4) is 0 Å². The van der Waals surface area contributed by atoms with Gasteiger partial charge in [0.2, 0.25) is 5.91 Å². The summed E-state index contributed by atoms with van der Waals surface area (Å²) in [6, 6.07) is 21.5. The molecule has 2 amide bonds. The smallest absolute Gasteiger partial charge is 0.277 e. The molecule has 0 saturated carbocycles. The molecule has 1 N–H and O–H groups in total. The summed E-state index contributed by atoms with van der Waals surface area (Å²) in [6.45, 7) is 6.45. The van der Waals surface area contributed by atoms with Crippen molar-refractivity contribution >= 4 is 28.8 Å². The predicted molar refractivity (Wildman–Crippen MR) is 135 cm³/mol. The van der Waals surface area contributed by atoms with Gasteiger partial charge in [0.15, 0.2) is 0 Å². The van der Waals surface area contributed by atoms with Crippen LogP contribution in [0.25, 0.3) is 10.6 Å². The average Bonchev–Trinajstić information content (AvgIpc) is 3.47. The van der Waals surface area contributed by atoms with Crippen molar-refractivity contribution in [3.8, 4) is 10.6 Å². The summed E-state index contributed by atoms with van der Waals surface area (Å²) in [5.41, 5.74) is 3.85. The van der Waals surface area contributed by atoms with E-state index in [9.17, 15) is 9.59 Å². The largest absolute Gasteiger partial charge is 0.350 e. The van der Waals surface area contributed by atoms with Crippen LogP contribution in [0.15, 0.2) is 72.1 Å². The third-order valence-corrected chi connectivity index (χ3v) is 7.07. The van der Waals surface area contributed by atoms with E-state index in [4.69, 9.17) is 5.10 Å². The van der Waals surface area contributed by atoms with Crippen molar-refractivity contribution in [2.24, 2.45) is 0 Å². The first kappa shape index (κ1) is 22.1. The van der Waals surface area contributed by atoms with Crippen molar-refractivity contribution in [2.45, 2.75) is 39.4 Å². The van der Waals surface area contributed by atoms with E-state index in [2.05, 4.69) is 11.4 Å². The van der Waals surface area contributed by atoms with Crippen molar-refractivity contribution in [1.82, 2.24) is 15.1 Å². The van der Waals surface area contributed by atoms with E-state index in [1.165, 1.54) is 0 Å². The van der Waals surface area contributed by atoms with Crippen LogP contribution in [-0.2, 0) is 17.9 Å². The lowest BCUT2D eigenvalue weighted by atomic mass is 9.93. The second kappa shape index (κ2) is 8.57. The molecule has 7 heteroatoms. The minimum Gasteiger partial charge on any atom is -0.350 e. The van der Waals surface area contributed by atoms with Crippen LogP contribution in [-0.4, -0.2) is 27.1 Å². The lowest BCUT2D eigenvalue weighted by Crippen LogP contribution is -2.64. The molecule has 34 heavy (non-hydrogen) atoms. The van der Waals surface area contributed by atoms with E-state index >= 15 is 0 Å². The first-order chi connectivity index (χ1) is 16.3. The Balaban J connectivity index is 1.57. The van der Waals surface area contributed by atoms with E-state index < -0.39 is 5.54 Å². The summed E-state index contributed by atoms with van der Waals surface area (Å²) in [6.07, 6.45) is 0. The Bertz CT molecular complexity index is 1340. The van der Waals surface area contributed by atoms with E-state index in [-0.39, 0.29) is 18.4 Å². The molecule has 172 valence electrons. The Morgan fingerprint density at radius 2 is 1.79 bits per heavy atom. The SMILES string of the molecule is Cc1cc(C)cc(N2C(=O)c3cc(-c4cccs4)nn3CC2(C)C(=O)NCc2ccccc2)c1. The number of hydrogen-bond donors (Lipinski definition) is 1. The Morgan fingerprint density at radius 1 is 1.06 bits per heavy atom. The van der Waals surface area contributed by atoms with Gasteiger partial charge in [0.25, 0.3) is 5.91 Å². The maximum Gasteiger partial charge on any atom is 0.277 e. The zero-order valence-electron chi connectivity index (χ0n) is 19.4. The molecule has 0 spiro atoms. The fourth-order valence-corrected chi connectivity index (χ4v) is 5.26. The number of aryl methyl sites for hydroxylation is 2. The van der Waals surface area contributed by atoms with Crippen molar-refractivity contribution in [3.05, 3.63) is 94.5 Å². The molecular weight excluding hydrogens is 444 g/mol. The number of rotatable bonds is 5. The normalized spacial score (nSPS) is 17.5. The Kier molecular flexibility index (Phi) is 5.57. The highest BCUT2D eigenvalue weighted by Gasteiger charge is 2.49. The highest BCUT2D eigenvalue weighted by Crippen LogP contribution is 2.35. The number of nitrogens with zero attached hydrogens (tertiary/aromatic N) is 3. The monoisotopic (exact) mass is 470 g/mol. The standard InChI is InChI=1S/C27H26N4O2S/c1-18-12-19(2)14-21(13-18)31-25(32)23-15-22(24-10-7-11-34-24)29-30(23)17-27(31,3)26(33)28-16-20-8-5-4-6-9-20/h4-15H,16-17H2,1-3H3,(H,28,33). The summed E-state index contributed by atoms with van der Waals surface area (Å²) in [5, 5.41) is 9.74. The molecule has 1 aliphatic heterocycles. The number of benzene rings is 2. The minimum atomic E-state index is -1.15. The van der Waals surface area contributed by atoms with Gasteiger partial charge in [-0.3, -0.25) is 19.2 Å². The molecular formula is C27H26N4O2S. The summed E-state index contributed by atoms with van der Waals surface area (Å²) >= 11 is 1.57. The van der Waals surface area contributed by atoms with E-state index in [0.717, 1.165) is 27.3 Å². The van der Waals surface area contributed by atoms with Crippen LogP contribution in [0.4, 0.5) is 5.69 Å². The van der Waals surface area contributed by atoms with E-state index in [0.29, 0.717) is 17.9 Å². The van der Waals surface area contributed by atoms with Gasteiger partial charge < -0.3 is 5.32 Å². The molecule has 1 atom stereocenters. The zero-order valence-corrected chi connectivity index (χ0v) is 20.2. The quantitative estimate of drug-likeness (QED) is 0.448. The van der Waals surface area contributed by atoms with Crippen molar-refractivity contribution in [2.75, 3.05) is 4.90 Å². The van der Waals surface area contributed by atoms with Crippen LogP contribution in [0.5, 0.6) is 0 Å². The van der Waals surface area contributed by atoms with Crippen LogP contribution in [0, 0.1) is 13.8 Å². The Labute approximate surface area is 202 Å². The highest BCUT2D eigenvalue weighted by molar-refractivity contribution is 7.13. The molecule has 0 bridgehead atoms. The fourth-order valence-electron chi connectivity index (χ4n) is 4.58. The molecule has 1 unspecified atom stereocenters. The number of anilines is 1. The first-order valence-corrected chi connectivity index (χ1v) is 12.1. The van der Waals surface area contributed by atoms with Gasteiger partial charge in [0.05, 0.1) is 11.4 Å². The second-order valence-corrected chi connectivity index (χ2v) is 9.93. The van der Waals surface area contributed by atoms with Crippen LogP contribution < -0.4 is 10.2 Å². The van der Waals surface area contributed by atoms with E-state index in [1.807, 2.05) is 86.8 Å². The summed E-state index contributed by atoms with van der Waals surface area (Å²) < 4.78 is 1.68. The summed E-state index contributed by atoms with van der Waals surface area (Å²) in [7, 11) is 0. The number of hydrogen-bond acceptors (Lipinski definition) is 4. The van der Waals surface area contributed by atoms with Gasteiger partial charge >= 0.3 is 0 Å². The van der Waals surface area contributed by atoms with Crippen LogP contribution >= 0.6 is 11.3 Å². The van der Waals surface area contributed by atoms with Gasteiger partial charge in [-0.1, -0.05) is 42.5 Å². The predicted octanol–water partition coefficient (Wildman–Crippen LogP) is 4.96. The Morgan fingerprint density at radius 3 is 2.47 bits per heavy atom. The first-order valence-electron chi connectivity index (χ1n) is 11.2. The van der Waals surface area contributed by atoms with Crippen LogP contribution in [0.1, 0.15) is 34.1 Å². The molecule has 0 fully saturated rings. The molecule has 5 rings (SSSR count). The topological polar surface area (TPSA) is 67.2 Å². The number of nitrogens with one attached hydrogen (secondary N) is 1. The lowest BCUT2D eigenvalue weighted by Gasteiger charge is -2.43. The van der Waals surface area contributed by atoms with Gasteiger partial charge in [0.1, 0.15) is 16.9 Å². The molecule has 0 aliphatic carbocycles. The molecule has 1 aliphatic rings. The van der Waals surface area contributed by atoms with Crippen molar-refractivity contribution < 1.29 is 9.59 Å². The third-order valence-electron chi connectivity index (χ3n) is 6.18. The third kappa shape index (κ3) is 3.92. The zero-order chi connectivity index (χ0) is 23.9. The number of thiophene rings is 1. The lowest BCUT2D eigenvalue weighted by molar-refractivity contribution is -0.126. The average molecular weight is 471 g/mol. The maximum absolute atomic E-state index is 13.9. The molecule has 4 aromatic rings. The van der Waals surface area contributed by atoms with E-state index in [1.54, 1.807) is 20.9 Å². The number of fused-ring (bicyclic) bond motifs is 1. The molecule has 0 radical (unpaired) electrons. The van der Waals surface area contributed by atoms with Gasteiger partial charge in [-0.05, 0) is 67.1 Å². The number of carbonyl (C=O) groups is 2. The van der Waals surface area contributed by atoms with Gasteiger partial charge in [-0.15, -0.1) is 11.3 Å². The molecule has 3 heterocycles. The number of amides is 2. The second-order valence-electron chi connectivity index (χ2n) is 8.98. The molecule has 6 nitrogen and oxygen atoms in total. The van der Waals surface area contributed by atoms with Gasteiger partial charge in [-0.25, -0.2) is 0 Å². The van der Waals surface area contributed by atoms with Crippen molar-refractivity contribution in [3.63, 3.8) is 0 Å². The van der Waals surface area contributed by atoms with Gasteiger partial charge in [0, 0.05) is 12.2 Å². The summed E-state index contributed by atoms with van der Waals surface area (Å²) in [5.74, 6) is -0.452. The fraction of sp³-hybridized carbons (Fsp3) is 0.222. The molecule has 2 aromatic heterocycles.